The number of piperidine rings is 1. The van der Waals surface area contributed by atoms with E-state index in [1.165, 1.54) is 0 Å². The van der Waals surface area contributed by atoms with Crippen LogP contribution in [0.15, 0.2) is 36.7 Å². The first-order valence-corrected chi connectivity index (χ1v) is 8.87. The van der Waals surface area contributed by atoms with E-state index < -0.39 is 0 Å². The van der Waals surface area contributed by atoms with E-state index in [1.54, 1.807) is 10.9 Å². The van der Waals surface area contributed by atoms with Crippen molar-refractivity contribution in [2.24, 2.45) is 7.05 Å². The largest absolute Gasteiger partial charge is 0.494 e. The van der Waals surface area contributed by atoms with E-state index in [2.05, 4.69) is 23.4 Å². The lowest BCUT2D eigenvalue weighted by Crippen LogP contribution is -2.51. The lowest BCUT2D eigenvalue weighted by molar-refractivity contribution is -0.122. The number of benzene rings is 1. The molecule has 2 atom stereocenters. The summed E-state index contributed by atoms with van der Waals surface area (Å²) in [6.45, 7) is 5.45. The van der Waals surface area contributed by atoms with Crippen molar-refractivity contribution in [3.8, 4) is 5.75 Å². The maximum atomic E-state index is 12.9. The van der Waals surface area contributed by atoms with Gasteiger partial charge in [0.05, 0.1) is 24.5 Å². The van der Waals surface area contributed by atoms with Crippen molar-refractivity contribution in [1.29, 1.82) is 0 Å². The lowest BCUT2D eigenvalue weighted by atomic mass is 10.0. The molecule has 1 amide bonds. The molecule has 0 spiro atoms. The van der Waals surface area contributed by atoms with Gasteiger partial charge < -0.3 is 9.64 Å². The highest BCUT2D eigenvalue weighted by Crippen LogP contribution is 2.24. The van der Waals surface area contributed by atoms with Gasteiger partial charge in [-0.05, 0) is 44.4 Å². The van der Waals surface area contributed by atoms with Crippen LogP contribution in [0.1, 0.15) is 38.3 Å². The molecule has 0 radical (unpaired) electrons. The average Bonchev–Trinajstić information content (AvgIpc) is 3.03. The number of carbonyl (C=O) groups is 1. The van der Waals surface area contributed by atoms with E-state index in [0.717, 1.165) is 36.4 Å². The zero-order chi connectivity index (χ0) is 17.8. The van der Waals surface area contributed by atoms with Gasteiger partial charge in [-0.25, -0.2) is 0 Å². The predicted molar refractivity (Wildman–Crippen MR) is 97.7 cm³/mol. The van der Waals surface area contributed by atoms with Crippen LogP contribution in [0.2, 0.25) is 0 Å². The summed E-state index contributed by atoms with van der Waals surface area (Å²) in [5.41, 5.74) is 1.99. The Hall–Kier alpha value is -2.34. The van der Waals surface area contributed by atoms with Crippen molar-refractivity contribution in [3.05, 3.63) is 42.2 Å². The maximum absolute atomic E-state index is 12.9. The Bertz CT molecular complexity index is 728. The molecule has 1 aromatic carbocycles. The van der Waals surface area contributed by atoms with E-state index in [9.17, 15) is 4.79 Å². The quantitative estimate of drug-likeness (QED) is 0.877. The van der Waals surface area contributed by atoms with Gasteiger partial charge in [0.2, 0.25) is 5.91 Å². The Morgan fingerprint density at radius 1 is 1.44 bits per heavy atom. The fourth-order valence-electron chi connectivity index (χ4n) is 3.27. The molecule has 6 heteroatoms. The van der Waals surface area contributed by atoms with Crippen molar-refractivity contribution in [2.45, 2.75) is 38.8 Å². The van der Waals surface area contributed by atoms with E-state index in [-0.39, 0.29) is 18.0 Å². The Morgan fingerprint density at radius 2 is 2.28 bits per heavy atom. The summed E-state index contributed by atoms with van der Waals surface area (Å²) in [5.74, 6) is 0.979. The number of nitrogens with one attached hydrogen (secondary N) is 1. The third kappa shape index (κ3) is 4.02. The summed E-state index contributed by atoms with van der Waals surface area (Å²) in [6, 6.07) is 7.93. The first-order valence-electron chi connectivity index (χ1n) is 8.87. The second kappa shape index (κ2) is 7.70. The molecule has 0 bridgehead atoms. The number of aromatic nitrogens is 2. The molecule has 1 N–H and O–H groups in total. The van der Waals surface area contributed by atoms with Crippen molar-refractivity contribution in [1.82, 2.24) is 15.1 Å². The number of hydrogen-bond donors (Lipinski definition) is 1. The third-order valence-corrected chi connectivity index (χ3v) is 4.56. The van der Waals surface area contributed by atoms with E-state index in [4.69, 9.17) is 4.74 Å². The number of ether oxygens (including phenoxy) is 1. The van der Waals surface area contributed by atoms with Crippen molar-refractivity contribution in [3.63, 3.8) is 0 Å². The molecule has 1 aromatic heterocycles. The summed E-state index contributed by atoms with van der Waals surface area (Å²) < 4.78 is 7.30. The smallest absolute Gasteiger partial charge is 0.244 e. The van der Waals surface area contributed by atoms with Gasteiger partial charge in [-0.3, -0.25) is 14.8 Å². The van der Waals surface area contributed by atoms with Crippen LogP contribution in [-0.2, 0) is 11.8 Å². The van der Waals surface area contributed by atoms with Crippen LogP contribution < -0.4 is 15.0 Å². The molecule has 0 saturated carbocycles. The fourth-order valence-corrected chi connectivity index (χ4v) is 3.27. The molecular formula is C19H26N4O2. The molecule has 25 heavy (non-hydrogen) atoms. The summed E-state index contributed by atoms with van der Waals surface area (Å²) in [4.78, 5) is 14.7. The number of rotatable bonds is 6. The Labute approximate surface area is 148 Å². The summed E-state index contributed by atoms with van der Waals surface area (Å²) in [6.07, 6.45) is 5.46. The van der Waals surface area contributed by atoms with Crippen LogP contribution in [0.4, 0.5) is 5.69 Å². The minimum Gasteiger partial charge on any atom is -0.494 e. The number of amides is 1. The lowest BCUT2D eigenvalue weighted by Gasteiger charge is -2.33. The van der Waals surface area contributed by atoms with Gasteiger partial charge in [-0.15, -0.1) is 0 Å². The highest BCUT2D eigenvalue weighted by atomic mass is 16.5. The van der Waals surface area contributed by atoms with Gasteiger partial charge in [0.15, 0.2) is 0 Å². The summed E-state index contributed by atoms with van der Waals surface area (Å²) >= 11 is 0. The first kappa shape index (κ1) is 17.5. The Kier molecular flexibility index (Phi) is 5.38. The summed E-state index contributed by atoms with van der Waals surface area (Å²) in [7, 11) is 1.86. The molecule has 1 aliphatic heterocycles. The molecule has 134 valence electrons. The van der Waals surface area contributed by atoms with Crippen LogP contribution in [0.5, 0.6) is 5.75 Å². The molecular weight excluding hydrogens is 316 g/mol. The zero-order valence-electron chi connectivity index (χ0n) is 15.1. The van der Waals surface area contributed by atoms with Crippen LogP contribution >= 0.6 is 0 Å². The van der Waals surface area contributed by atoms with Gasteiger partial charge in [0, 0.05) is 25.8 Å². The molecule has 1 saturated heterocycles. The molecule has 2 aromatic rings. The molecule has 1 fully saturated rings. The topological polar surface area (TPSA) is 59.4 Å². The van der Waals surface area contributed by atoms with E-state index in [1.807, 2.05) is 43.3 Å². The maximum Gasteiger partial charge on any atom is 0.244 e. The fraction of sp³-hybridized carbons (Fsp3) is 0.474. The van der Waals surface area contributed by atoms with Crippen molar-refractivity contribution >= 4 is 11.6 Å². The first-order chi connectivity index (χ1) is 12.1. The van der Waals surface area contributed by atoms with Gasteiger partial charge >= 0.3 is 0 Å². The third-order valence-electron chi connectivity index (χ3n) is 4.56. The Morgan fingerprint density at radius 3 is 3.00 bits per heavy atom. The second-order valence-corrected chi connectivity index (χ2v) is 6.45. The van der Waals surface area contributed by atoms with Crippen molar-refractivity contribution < 1.29 is 9.53 Å². The molecule has 0 unspecified atom stereocenters. The predicted octanol–water partition coefficient (Wildman–Crippen LogP) is 2.67. The van der Waals surface area contributed by atoms with Crippen LogP contribution in [-0.4, -0.2) is 34.9 Å². The number of nitrogens with zero attached hydrogens (tertiary/aromatic N) is 3. The highest BCUT2D eigenvalue weighted by molar-refractivity contribution is 5.97. The number of carbonyl (C=O) groups excluding carboxylic acids is 1. The van der Waals surface area contributed by atoms with Crippen LogP contribution in [0, 0.1) is 0 Å². The van der Waals surface area contributed by atoms with Gasteiger partial charge in [-0.1, -0.05) is 12.1 Å². The molecule has 6 nitrogen and oxygen atoms in total. The number of anilines is 1. The molecule has 3 rings (SSSR count). The number of aryl methyl sites for hydroxylation is 1. The van der Waals surface area contributed by atoms with Crippen LogP contribution in [0.25, 0.3) is 0 Å². The minimum absolute atomic E-state index is 0.0724. The van der Waals surface area contributed by atoms with Gasteiger partial charge in [-0.2, -0.15) is 5.10 Å². The Balaban J connectivity index is 1.69. The second-order valence-electron chi connectivity index (χ2n) is 6.45. The minimum atomic E-state index is -0.181. The van der Waals surface area contributed by atoms with Gasteiger partial charge in [0.25, 0.3) is 0 Å². The summed E-state index contributed by atoms with van der Waals surface area (Å²) in [5, 5.41) is 7.66. The number of hydrogen-bond acceptors (Lipinski definition) is 4. The highest BCUT2D eigenvalue weighted by Gasteiger charge is 2.31. The van der Waals surface area contributed by atoms with E-state index >= 15 is 0 Å². The van der Waals surface area contributed by atoms with Gasteiger partial charge in [0.1, 0.15) is 5.75 Å². The van der Waals surface area contributed by atoms with Crippen LogP contribution in [0.3, 0.4) is 0 Å². The molecule has 1 aliphatic rings. The average molecular weight is 342 g/mol. The van der Waals surface area contributed by atoms with E-state index in [0.29, 0.717) is 6.61 Å². The normalized spacial score (nSPS) is 19.1. The molecule has 0 aliphatic carbocycles. The SMILES string of the molecule is CCOc1cccc([C@H](C)N[C@@H]2CCCN(c3cnn(C)c3)C2=O)c1. The van der Waals surface area contributed by atoms with Crippen molar-refractivity contribution in [2.75, 3.05) is 18.1 Å². The monoisotopic (exact) mass is 342 g/mol. The standard InChI is InChI=1S/C19H26N4O2/c1-4-25-17-8-5-7-15(11-17)14(2)21-18-9-6-10-23(19(18)24)16-12-20-22(3)13-16/h5,7-8,11-14,18,21H,4,6,9-10H2,1-3H3/t14-,18+/m0/s1. The zero-order valence-corrected chi connectivity index (χ0v) is 15.1. The molecule has 2 heterocycles.